The van der Waals surface area contributed by atoms with Crippen molar-refractivity contribution < 1.29 is 6.17 Å². The number of carbonyl (C=O) groups is 1. The summed E-state index contributed by atoms with van der Waals surface area (Å²) in [4.78, 5) is 12.8. The quantitative estimate of drug-likeness (QED) is 0.632. The first-order valence-electron chi connectivity index (χ1n) is 8.96. The predicted molar refractivity (Wildman–Crippen MR) is 108 cm³/mol. The molecular formula is C23H15ClOS. The first-order valence-corrected chi connectivity index (χ1v) is 9.72. The number of rotatable bonds is 2. The highest BCUT2D eigenvalue weighted by molar-refractivity contribution is 8.00. The first kappa shape index (κ1) is 14.8. The number of hydrogen-bond acceptors (Lipinski definition) is 2. The van der Waals surface area contributed by atoms with Gasteiger partial charge in [0.25, 0.3) is 0 Å². The summed E-state index contributed by atoms with van der Waals surface area (Å²) in [6.45, 7) is 0. The van der Waals surface area contributed by atoms with Gasteiger partial charge in [0.05, 0.1) is 11.8 Å². The molecule has 1 heterocycles. The van der Waals surface area contributed by atoms with Crippen LogP contribution >= 0.6 is 23.4 Å². The molecule has 5 rings (SSSR count). The molecule has 1 fully saturated rings. The van der Waals surface area contributed by atoms with Gasteiger partial charge in [-0.3, -0.25) is 4.79 Å². The normalized spacial score (nSPS) is 27.4. The highest BCUT2D eigenvalue weighted by Crippen LogP contribution is 2.63. The Bertz CT molecular complexity index is 1080. The van der Waals surface area contributed by atoms with Crippen LogP contribution in [0.5, 0.6) is 0 Å². The van der Waals surface area contributed by atoms with Crippen molar-refractivity contribution in [2.24, 2.45) is 0 Å². The van der Waals surface area contributed by atoms with Gasteiger partial charge in [0, 0.05) is 16.7 Å². The van der Waals surface area contributed by atoms with E-state index in [0.717, 1.165) is 27.8 Å². The summed E-state index contributed by atoms with van der Waals surface area (Å²) in [6.07, 6.45) is 5.28. The molecule has 0 spiro atoms. The first-order chi connectivity index (χ1) is 13.1. The summed E-state index contributed by atoms with van der Waals surface area (Å²) in [7, 11) is 0. The van der Waals surface area contributed by atoms with Crippen molar-refractivity contribution in [2.45, 2.75) is 10.5 Å². The van der Waals surface area contributed by atoms with Crippen LogP contribution in [0.2, 0.25) is 0 Å². The molecule has 2 atom stereocenters. The standard InChI is InChI=1S/C23H15ClOS/c24-17-11-16-12-18-21(20(16)19(25)13-17)23(15-9-5-2-6-10-15)26-22(18)14-7-3-1-4-8-14/h1-13,22-23H/i22D. The number of benzene rings is 2. The molecule has 2 unspecified atom stereocenters. The molecule has 1 aliphatic heterocycles. The topological polar surface area (TPSA) is 17.1 Å². The molecule has 1 nitrogen and oxygen atoms in total. The maximum absolute atomic E-state index is 12.8. The smallest absolute Gasteiger partial charge is 0.188 e. The van der Waals surface area contributed by atoms with E-state index in [2.05, 4.69) is 12.1 Å². The molecule has 126 valence electrons. The summed E-state index contributed by atoms with van der Waals surface area (Å²) in [5, 5.41) is -0.588. The van der Waals surface area contributed by atoms with Gasteiger partial charge in [-0.2, -0.15) is 0 Å². The molecule has 2 aromatic rings. The average molecular weight is 376 g/mol. The molecule has 0 bridgehead atoms. The Morgan fingerprint density at radius 3 is 2.23 bits per heavy atom. The summed E-state index contributed by atoms with van der Waals surface area (Å²) in [5.74, 6) is -0.0717. The van der Waals surface area contributed by atoms with E-state index >= 15 is 0 Å². The molecule has 0 N–H and O–H groups in total. The largest absolute Gasteiger partial charge is 0.289 e. The minimum Gasteiger partial charge on any atom is -0.289 e. The van der Waals surface area contributed by atoms with Crippen LogP contribution in [0.25, 0.3) is 0 Å². The van der Waals surface area contributed by atoms with Gasteiger partial charge >= 0.3 is 0 Å². The van der Waals surface area contributed by atoms with Crippen molar-refractivity contribution in [3.05, 3.63) is 117 Å². The molecule has 0 amide bonds. The van der Waals surface area contributed by atoms with Crippen LogP contribution in [0.1, 0.15) is 23.0 Å². The van der Waals surface area contributed by atoms with Crippen LogP contribution in [-0.4, -0.2) is 5.78 Å². The van der Waals surface area contributed by atoms with Gasteiger partial charge in [-0.1, -0.05) is 72.3 Å². The molecule has 3 aliphatic rings. The third kappa shape index (κ3) is 2.45. The van der Waals surface area contributed by atoms with Gasteiger partial charge in [-0.05, 0) is 40.0 Å². The Morgan fingerprint density at radius 2 is 1.54 bits per heavy atom. The Balaban J connectivity index is 1.76. The number of halogens is 1. The fourth-order valence-corrected chi connectivity index (χ4v) is 5.42. The Labute approximate surface area is 163 Å². The maximum Gasteiger partial charge on any atom is 0.188 e. The fourth-order valence-electron chi connectivity index (χ4n) is 3.75. The number of ketones is 1. The summed E-state index contributed by atoms with van der Waals surface area (Å²) < 4.78 is 9.37. The van der Waals surface area contributed by atoms with Crippen molar-refractivity contribution in [1.82, 2.24) is 0 Å². The number of carbonyl (C=O) groups excluding carboxylic acids is 1. The monoisotopic (exact) mass is 375 g/mol. The van der Waals surface area contributed by atoms with Crippen LogP contribution in [-0.2, 0) is 4.79 Å². The highest BCUT2D eigenvalue weighted by atomic mass is 35.5. The molecule has 2 aromatic carbocycles. The van der Waals surface area contributed by atoms with E-state index < -0.39 is 5.23 Å². The molecule has 2 aliphatic carbocycles. The molecule has 0 radical (unpaired) electrons. The molecule has 26 heavy (non-hydrogen) atoms. The molecule has 1 saturated heterocycles. The van der Waals surface area contributed by atoms with Gasteiger partial charge in [-0.15, -0.1) is 11.8 Å². The van der Waals surface area contributed by atoms with Gasteiger partial charge in [0.1, 0.15) is 0 Å². The van der Waals surface area contributed by atoms with Crippen molar-refractivity contribution in [3.63, 3.8) is 0 Å². The lowest BCUT2D eigenvalue weighted by atomic mass is 9.90. The molecule has 0 saturated carbocycles. The van der Waals surface area contributed by atoms with E-state index in [4.69, 9.17) is 11.6 Å². The lowest BCUT2D eigenvalue weighted by molar-refractivity contribution is -0.111. The Hall–Kier alpha value is -2.29. The van der Waals surface area contributed by atoms with Crippen molar-refractivity contribution in [3.8, 4) is 0 Å². The van der Waals surface area contributed by atoms with Crippen LogP contribution < -0.4 is 0 Å². The average Bonchev–Trinajstić information content (AvgIpc) is 3.20. The summed E-state index contributed by atoms with van der Waals surface area (Å²) in [6, 6.07) is 20.0. The zero-order chi connectivity index (χ0) is 18.6. The number of thioether (sulfide) groups is 1. The number of allylic oxidation sites excluding steroid dienone is 6. The Morgan fingerprint density at radius 1 is 0.885 bits per heavy atom. The number of fused-ring (bicyclic) bond motifs is 2. The number of hydrogen-bond donors (Lipinski definition) is 0. The van der Waals surface area contributed by atoms with Gasteiger partial charge < -0.3 is 0 Å². The van der Waals surface area contributed by atoms with E-state index in [0.29, 0.717) is 10.6 Å². The van der Waals surface area contributed by atoms with Crippen molar-refractivity contribution in [1.29, 1.82) is 0 Å². The van der Waals surface area contributed by atoms with Crippen LogP contribution in [0.3, 0.4) is 0 Å². The summed E-state index contributed by atoms with van der Waals surface area (Å²) in [5.41, 5.74) is 5.40. The SMILES string of the molecule is [2H]C1(c2ccccc2)SC(c2ccccc2)C2=C3C(=O)C=C(Cl)C=C3C=C21. The van der Waals surface area contributed by atoms with Crippen LogP contribution in [0.4, 0.5) is 0 Å². The lowest BCUT2D eigenvalue weighted by Crippen LogP contribution is -2.07. The zero-order valence-corrected chi connectivity index (χ0v) is 15.3. The second kappa shape index (κ2) is 6.15. The van der Waals surface area contributed by atoms with E-state index in [1.54, 1.807) is 11.8 Å². The van der Waals surface area contributed by atoms with Crippen LogP contribution in [0.15, 0.2) is 106 Å². The third-order valence-corrected chi connectivity index (χ3v) is 6.49. The predicted octanol–water partition coefficient (Wildman–Crippen LogP) is 6.08. The van der Waals surface area contributed by atoms with Gasteiger partial charge in [0.2, 0.25) is 0 Å². The fraction of sp³-hybridized carbons (Fsp3) is 0.0870. The minimum atomic E-state index is -0.963. The van der Waals surface area contributed by atoms with Crippen LogP contribution in [0, 0.1) is 0 Å². The zero-order valence-electron chi connectivity index (χ0n) is 14.8. The highest BCUT2D eigenvalue weighted by Gasteiger charge is 2.43. The van der Waals surface area contributed by atoms with Crippen molar-refractivity contribution >= 4 is 29.1 Å². The second-order valence-corrected chi connectivity index (χ2v) is 8.00. The second-order valence-electron chi connectivity index (χ2n) is 6.44. The molecular weight excluding hydrogens is 360 g/mol. The van der Waals surface area contributed by atoms with Crippen molar-refractivity contribution in [2.75, 3.05) is 0 Å². The Kier molecular flexibility index (Phi) is 3.51. The summed E-state index contributed by atoms with van der Waals surface area (Å²) >= 11 is 7.71. The van der Waals surface area contributed by atoms with E-state index in [1.165, 1.54) is 6.08 Å². The lowest BCUT2D eigenvalue weighted by Gasteiger charge is -2.16. The minimum absolute atomic E-state index is 0.0646. The van der Waals surface area contributed by atoms with Gasteiger partial charge in [-0.25, -0.2) is 0 Å². The molecule has 0 aromatic heterocycles. The molecule has 3 heteroatoms. The van der Waals surface area contributed by atoms with E-state index in [9.17, 15) is 6.17 Å². The third-order valence-electron chi connectivity index (χ3n) is 4.84. The van der Waals surface area contributed by atoms with E-state index in [-0.39, 0.29) is 11.0 Å². The van der Waals surface area contributed by atoms with Gasteiger partial charge in [0.15, 0.2) is 5.78 Å². The van der Waals surface area contributed by atoms with E-state index in [1.807, 2.05) is 60.7 Å². The maximum atomic E-state index is 12.8.